The summed E-state index contributed by atoms with van der Waals surface area (Å²) < 4.78 is 33.7. The van der Waals surface area contributed by atoms with E-state index in [9.17, 15) is 18.3 Å². The molecule has 24 heavy (non-hydrogen) atoms. The highest BCUT2D eigenvalue weighted by atomic mass is 32.2. The number of hydrogen-bond donors (Lipinski definition) is 1. The molecule has 0 unspecified atom stereocenters. The Morgan fingerprint density at radius 1 is 1.29 bits per heavy atom. The topological polar surface area (TPSA) is 93.1 Å². The number of carbonyl (C=O) groups excluding carboxylic acids is 1. The molecule has 0 bridgehead atoms. The molecule has 1 aromatic rings. The summed E-state index contributed by atoms with van der Waals surface area (Å²) in [5.74, 6) is 0.994. The molecule has 1 heterocycles. The van der Waals surface area contributed by atoms with Gasteiger partial charge in [0.15, 0.2) is 27.1 Å². The molecule has 0 saturated carbocycles. The SMILES string of the molecule is COc1ccc(C(=O)CN(CCO)[C@H]2CCS(=O)(=O)C2)cc1OC. The summed E-state index contributed by atoms with van der Waals surface area (Å²) in [6, 6.07) is 4.67. The van der Waals surface area contributed by atoms with Crippen LogP contribution in [-0.2, 0) is 9.84 Å². The molecule has 1 N–H and O–H groups in total. The quantitative estimate of drug-likeness (QED) is 0.672. The maximum Gasteiger partial charge on any atom is 0.176 e. The third kappa shape index (κ3) is 4.46. The maximum absolute atomic E-state index is 12.5. The van der Waals surface area contributed by atoms with Gasteiger partial charge in [0.2, 0.25) is 0 Å². The van der Waals surface area contributed by atoms with Gasteiger partial charge in [0.25, 0.3) is 0 Å². The van der Waals surface area contributed by atoms with Gasteiger partial charge in [-0.1, -0.05) is 0 Å². The maximum atomic E-state index is 12.5. The van der Waals surface area contributed by atoms with Crippen LogP contribution in [0.15, 0.2) is 18.2 Å². The summed E-state index contributed by atoms with van der Waals surface area (Å²) in [6.07, 6.45) is 0.488. The number of carbonyl (C=O) groups is 1. The number of methoxy groups -OCH3 is 2. The lowest BCUT2D eigenvalue weighted by Crippen LogP contribution is -2.41. The number of benzene rings is 1. The molecule has 0 spiro atoms. The van der Waals surface area contributed by atoms with E-state index < -0.39 is 9.84 Å². The van der Waals surface area contributed by atoms with Crippen LogP contribution in [0.4, 0.5) is 0 Å². The number of ketones is 1. The molecular weight excluding hydrogens is 334 g/mol. The number of nitrogens with zero attached hydrogens (tertiary/aromatic N) is 1. The summed E-state index contributed by atoms with van der Waals surface area (Å²) in [5, 5.41) is 9.22. The Kier molecular flexibility index (Phi) is 6.20. The van der Waals surface area contributed by atoms with E-state index in [1.165, 1.54) is 14.2 Å². The number of Topliss-reactive ketones (excluding diaryl/α,β-unsaturated/α-hetero) is 1. The minimum atomic E-state index is -3.05. The Balaban J connectivity index is 2.13. The van der Waals surface area contributed by atoms with Crippen LogP contribution in [0.25, 0.3) is 0 Å². The van der Waals surface area contributed by atoms with Crippen molar-refractivity contribution in [2.24, 2.45) is 0 Å². The number of aliphatic hydroxyl groups excluding tert-OH is 1. The lowest BCUT2D eigenvalue weighted by molar-refractivity contribution is 0.0874. The second-order valence-electron chi connectivity index (χ2n) is 5.74. The Bertz CT molecular complexity index is 688. The van der Waals surface area contributed by atoms with E-state index in [4.69, 9.17) is 9.47 Å². The third-order valence-corrected chi connectivity index (χ3v) is 5.91. The average Bonchev–Trinajstić information content (AvgIpc) is 2.93. The second-order valence-corrected chi connectivity index (χ2v) is 7.97. The highest BCUT2D eigenvalue weighted by molar-refractivity contribution is 7.91. The van der Waals surface area contributed by atoms with Crippen LogP contribution < -0.4 is 9.47 Å². The predicted molar refractivity (Wildman–Crippen MR) is 89.6 cm³/mol. The second kappa shape index (κ2) is 7.96. The van der Waals surface area contributed by atoms with Crippen molar-refractivity contribution in [3.63, 3.8) is 0 Å². The number of aliphatic hydroxyl groups is 1. The highest BCUT2D eigenvalue weighted by Gasteiger charge is 2.33. The molecular formula is C16H23NO6S. The molecule has 1 atom stereocenters. The molecule has 8 heteroatoms. The molecule has 1 aliphatic heterocycles. The van der Waals surface area contributed by atoms with Crippen molar-refractivity contribution in [2.75, 3.05) is 45.4 Å². The monoisotopic (exact) mass is 357 g/mol. The summed E-state index contributed by atoms with van der Waals surface area (Å²) in [5.41, 5.74) is 0.455. The van der Waals surface area contributed by atoms with Gasteiger partial charge in [-0.2, -0.15) is 0 Å². The standard InChI is InChI=1S/C16H23NO6S/c1-22-15-4-3-12(9-16(15)23-2)14(19)10-17(6-7-18)13-5-8-24(20,21)11-13/h3-4,9,13,18H,5-8,10-11H2,1-2H3/t13-/m0/s1. The van der Waals surface area contributed by atoms with E-state index in [0.29, 0.717) is 23.5 Å². The molecule has 7 nitrogen and oxygen atoms in total. The van der Waals surface area contributed by atoms with Crippen LogP contribution in [0.1, 0.15) is 16.8 Å². The number of ether oxygens (including phenoxy) is 2. The third-order valence-electron chi connectivity index (χ3n) is 4.16. The van der Waals surface area contributed by atoms with Crippen LogP contribution in [0.3, 0.4) is 0 Å². The van der Waals surface area contributed by atoms with Crippen molar-refractivity contribution in [1.29, 1.82) is 0 Å². The molecule has 1 aliphatic rings. The number of rotatable bonds is 8. The van der Waals surface area contributed by atoms with Crippen LogP contribution in [-0.4, -0.2) is 75.7 Å². The van der Waals surface area contributed by atoms with Gasteiger partial charge in [-0.05, 0) is 24.6 Å². The van der Waals surface area contributed by atoms with E-state index in [0.717, 1.165) is 0 Å². The fourth-order valence-corrected chi connectivity index (χ4v) is 4.63. The Hall–Kier alpha value is -1.64. The van der Waals surface area contributed by atoms with Gasteiger partial charge in [-0.15, -0.1) is 0 Å². The Morgan fingerprint density at radius 3 is 2.54 bits per heavy atom. The molecule has 1 fully saturated rings. The zero-order valence-corrected chi connectivity index (χ0v) is 14.7. The van der Waals surface area contributed by atoms with Crippen molar-refractivity contribution in [1.82, 2.24) is 4.90 Å². The first-order valence-electron chi connectivity index (χ1n) is 7.70. The normalized spacial score (nSPS) is 19.4. The van der Waals surface area contributed by atoms with Crippen molar-refractivity contribution in [3.8, 4) is 11.5 Å². The molecule has 2 rings (SSSR count). The summed E-state index contributed by atoms with van der Waals surface area (Å²) in [6.45, 7) is 0.186. The number of sulfone groups is 1. The van der Waals surface area contributed by atoms with Gasteiger partial charge in [0, 0.05) is 18.2 Å². The summed E-state index contributed by atoms with van der Waals surface area (Å²) in [4.78, 5) is 14.3. The van der Waals surface area contributed by atoms with Crippen molar-refractivity contribution >= 4 is 15.6 Å². The Morgan fingerprint density at radius 2 is 2.00 bits per heavy atom. The van der Waals surface area contributed by atoms with E-state index in [-0.39, 0.29) is 43.0 Å². The van der Waals surface area contributed by atoms with Gasteiger partial charge in [-0.3, -0.25) is 9.69 Å². The van der Waals surface area contributed by atoms with E-state index in [2.05, 4.69) is 0 Å². The van der Waals surface area contributed by atoms with Crippen molar-refractivity contribution in [3.05, 3.63) is 23.8 Å². The predicted octanol–water partition coefficient (Wildman–Crippen LogP) is 0.368. The van der Waals surface area contributed by atoms with E-state index in [1.54, 1.807) is 23.1 Å². The molecule has 134 valence electrons. The van der Waals surface area contributed by atoms with Gasteiger partial charge < -0.3 is 14.6 Å². The smallest absolute Gasteiger partial charge is 0.176 e. The zero-order chi connectivity index (χ0) is 17.7. The average molecular weight is 357 g/mol. The van der Waals surface area contributed by atoms with Crippen molar-refractivity contribution in [2.45, 2.75) is 12.5 Å². The van der Waals surface area contributed by atoms with Crippen LogP contribution in [0, 0.1) is 0 Å². The zero-order valence-electron chi connectivity index (χ0n) is 13.9. The highest BCUT2D eigenvalue weighted by Crippen LogP contribution is 2.28. The largest absolute Gasteiger partial charge is 0.493 e. The van der Waals surface area contributed by atoms with Crippen LogP contribution in [0.5, 0.6) is 11.5 Å². The number of hydrogen-bond acceptors (Lipinski definition) is 7. The molecule has 1 saturated heterocycles. The lowest BCUT2D eigenvalue weighted by Gasteiger charge is -2.26. The summed E-state index contributed by atoms with van der Waals surface area (Å²) >= 11 is 0. The Labute approximate surface area is 142 Å². The first-order chi connectivity index (χ1) is 11.4. The van der Waals surface area contributed by atoms with Gasteiger partial charge in [-0.25, -0.2) is 8.42 Å². The van der Waals surface area contributed by atoms with Gasteiger partial charge >= 0.3 is 0 Å². The lowest BCUT2D eigenvalue weighted by atomic mass is 10.1. The van der Waals surface area contributed by atoms with Crippen LogP contribution >= 0.6 is 0 Å². The molecule has 0 amide bonds. The first-order valence-corrected chi connectivity index (χ1v) is 9.53. The fraction of sp³-hybridized carbons (Fsp3) is 0.562. The molecule has 0 aromatic heterocycles. The molecule has 1 aromatic carbocycles. The van der Waals surface area contributed by atoms with E-state index in [1.807, 2.05) is 0 Å². The minimum Gasteiger partial charge on any atom is -0.493 e. The van der Waals surface area contributed by atoms with Crippen LogP contribution in [0.2, 0.25) is 0 Å². The van der Waals surface area contributed by atoms with E-state index >= 15 is 0 Å². The fourth-order valence-electron chi connectivity index (χ4n) is 2.87. The molecule has 0 radical (unpaired) electrons. The van der Waals surface area contributed by atoms with Gasteiger partial charge in [0.05, 0.1) is 38.9 Å². The van der Waals surface area contributed by atoms with Gasteiger partial charge in [0.1, 0.15) is 0 Å². The van der Waals surface area contributed by atoms with Crippen molar-refractivity contribution < 1.29 is 27.8 Å². The first kappa shape index (κ1) is 18.7. The summed E-state index contributed by atoms with van der Waals surface area (Å²) in [7, 11) is -0.0397. The minimum absolute atomic E-state index is 0.0339. The molecule has 0 aliphatic carbocycles.